The summed E-state index contributed by atoms with van der Waals surface area (Å²) in [4.78, 5) is 22.6. The van der Waals surface area contributed by atoms with Crippen molar-refractivity contribution in [2.75, 3.05) is 7.11 Å². The van der Waals surface area contributed by atoms with E-state index in [-0.39, 0.29) is 12.1 Å². The Balaban J connectivity index is 2.19. The SMILES string of the molecule is COc1cc([N+](=O)[O-])ccc1Sc1ccc(CC(=O)O)cc1. The fraction of sp³-hybridized carbons (Fsp3) is 0.133. The molecular formula is C15H13NO5S. The first kappa shape index (κ1) is 15.8. The molecule has 22 heavy (non-hydrogen) atoms. The van der Waals surface area contributed by atoms with E-state index in [1.54, 1.807) is 18.2 Å². The topological polar surface area (TPSA) is 89.7 Å². The normalized spacial score (nSPS) is 10.2. The number of nitrogens with zero attached hydrogens (tertiary/aromatic N) is 1. The van der Waals surface area contributed by atoms with Crippen LogP contribution in [0.3, 0.4) is 0 Å². The molecule has 0 unspecified atom stereocenters. The largest absolute Gasteiger partial charge is 0.495 e. The smallest absolute Gasteiger partial charge is 0.307 e. The Morgan fingerprint density at radius 2 is 1.95 bits per heavy atom. The van der Waals surface area contributed by atoms with Crippen molar-refractivity contribution in [1.82, 2.24) is 0 Å². The highest BCUT2D eigenvalue weighted by molar-refractivity contribution is 7.99. The molecule has 0 saturated carbocycles. The van der Waals surface area contributed by atoms with E-state index in [0.717, 1.165) is 9.79 Å². The number of aliphatic carboxylic acids is 1. The lowest BCUT2D eigenvalue weighted by Gasteiger charge is -2.08. The second-order valence-corrected chi connectivity index (χ2v) is 5.52. The van der Waals surface area contributed by atoms with Crippen molar-refractivity contribution in [2.24, 2.45) is 0 Å². The van der Waals surface area contributed by atoms with Crippen molar-refractivity contribution in [3.8, 4) is 5.75 Å². The average Bonchev–Trinajstić information content (AvgIpc) is 2.49. The minimum Gasteiger partial charge on any atom is -0.495 e. The molecule has 0 bridgehead atoms. The molecule has 2 rings (SSSR count). The van der Waals surface area contributed by atoms with Crippen LogP contribution in [0.15, 0.2) is 52.3 Å². The highest BCUT2D eigenvalue weighted by Crippen LogP contribution is 2.37. The summed E-state index contributed by atoms with van der Waals surface area (Å²) < 4.78 is 5.18. The molecule has 0 aliphatic heterocycles. The van der Waals surface area contributed by atoms with E-state index in [9.17, 15) is 14.9 Å². The third kappa shape index (κ3) is 3.98. The van der Waals surface area contributed by atoms with Gasteiger partial charge >= 0.3 is 5.97 Å². The number of hydrogen-bond donors (Lipinski definition) is 1. The second-order valence-electron chi connectivity index (χ2n) is 4.41. The molecule has 0 aliphatic carbocycles. The molecule has 114 valence electrons. The fourth-order valence-corrected chi connectivity index (χ4v) is 2.74. The summed E-state index contributed by atoms with van der Waals surface area (Å²) in [5.41, 5.74) is 0.686. The first-order valence-electron chi connectivity index (χ1n) is 6.30. The Morgan fingerprint density at radius 1 is 1.27 bits per heavy atom. The number of carbonyl (C=O) groups is 1. The van der Waals surface area contributed by atoms with Gasteiger partial charge in [-0.25, -0.2) is 0 Å². The van der Waals surface area contributed by atoms with Gasteiger partial charge in [-0.05, 0) is 23.8 Å². The molecule has 7 heteroatoms. The summed E-state index contributed by atoms with van der Waals surface area (Å²) in [6.45, 7) is 0. The van der Waals surface area contributed by atoms with E-state index in [2.05, 4.69) is 0 Å². The Morgan fingerprint density at radius 3 is 2.50 bits per heavy atom. The maximum absolute atomic E-state index is 10.8. The summed E-state index contributed by atoms with van der Waals surface area (Å²) in [7, 11) is 1.46. The molecular weight excluding hydrogens is 306 g/mol. The molecule has 0 aromatic heterocycles. The monoisotopic (exact) mass is 319 g/mol. The third-order valence-corrected chi connectivity index (χ3v) is 3.93. The van der Waals surface area contributed by atoms with Crippen LogP contribution in [0.25, 0.3) is 0 Å². The fourth-order valence-electron chi connectivity index (χ4n) is 1.83. The second kappa shape index (κ2) is 6.95. The molecule has 0 spiro atoms. The van der Waals surface area contributed by atoms with Crippen molar-refractivity contribution < 1.29 is 19.6 Å². The van der Waals surface area contributed by atoms with Crippen LogP contribution < -0.4 is 4.74 Å². The minimum atomic E-state index is -0.877. The number of rotatable bonds is 6. The van der Waals surface area contributed by atoms with E-state index in [1.165, 1.54) is 31.0 Å². The number of non-ortho nitro benzene ring substituents is 1. The summed E-state index contributed by atoms with van der Waals surface area (Å²) in [6, 6.07) is 11.5. The van der Waals surface area contributed by atoms with Crippen LogP contribution in [0.2, 0.25) is 0 Å². The summed E-state index contributed by atoms with van der Waals surface area (Å²) in [6.07, 6.45) is -0.0220. The van der Waals surface area contributed by atoms with E-state index < -0.39 is 10.9 Å². The zero-order chi connectivity index (χ0) is 16.1. The summed E-state index contributed by atoms with van der Waals surface area (Å²) in [5.74, 6) is -0.453. The number of nitro groups is 1. The van der Waals surface area contributed by atoms with Gasteiger partial charge < -0.3 is 9.84 Å². The van der Waals surface area contributed by atoms with Crippen LogP contribution in [0.4, 0.5) is 5.69 Å². The predicted octanol–water partition coefficient (Wildman–Crippen LogP) is 3.38. The average molecular weight is 319 g/mol. The Labute approximate surface area is 130 Å². The number of methoxy groups -OCH3 is 1. The number of hydrogen-bond acceptors (Lipinski definition) is 5. The number of carboxylic acids is 1. The first-order valence-corrected chi connectivity index (χ1v) is 7.12. The first-order chi connectivity index (χ1) is 10.5. The molecule has 0 heterocycles. The molecule has 1 N–H and O–H groups in total. The lowest BCUT2D eigenvalue weighted by molar-refractivity contribution is -0.385. The minimum absolute atomic E-state index is 0.0220. The molecule has 0 atom stereocenters. The quantitative estimate of drug-likeness (QED) is 0.648. The lowest BCUT2D eigenvalue weighted by Crippen LogP contribution is -1.99. The van der Waals surface area contributed by atoms with Gasteiger partial charge in [0, 0.05) is 11.0 Å². The van der Waals surface area contributed by atoms with Crippen LogP contribution >= 0.6 is 11.8 Å². The number of benzene rings is 2. The van der Waals surface area contributed by atoms with Crippen LogP contribution in [-0.2, 0) is 11.2 Å². The summed E-state index contributed by atoms with van der Waals surface area (Å²) >= 11 is 1.39. The molecule has 0 aliphatic rings. The van der Waals surface area contributed by atoms with E-state index in [4.69, 9.17) is 9.84 Å². The lowest BCUT2D eigenvalue weighted by atomic mass is 10.2. The van der Waals surface area contributed by atoms with Crippen molar-refractivity contribution in [3.05, 3.63) is 58.1 Å². The van der Waals surface area contributed by atoms with Gasteiger partial charge in [-0.15, -0.1) is 0 Å². The van der Waals surface area contributed by atoms with Gasteiger partial charge in [-0.3, -0.25) is 14.9 Å². The molecule has 0 saturated heterocycles. The number of ether oxygens (including phenoxy) is 1. The maximum atomic E-state index is 10.8. The molecule has 0 radical (unpaired) electrons. The molecule has 6 nitrogen and oxygen atoms in total. The van der Waals surface area contributed by atoms with Gasteiger partial charge in [-0.2, -0.15) is 0 Å². The Kier molecular flexibility index (Phi) is 5.00. The van der Waals surface area contributed by atoms with Crippen molar-refractivity contribution in [1.29, 1.82) is 0 Å². The number of nitro benzene ring substituents is 1. The zero-order valence-electron chi connectivity index (χ0n) is 11.7. The van der Waals surface area contributed by atoms with Crippen LogP contribution in [0, 0.1) is 10.1 Å². The van der Waals surface area contributed by atoms with Gasteiger partial charge in [-0.1, -0.05) is 23.9 Å². The van der Waals surface area contributed by atoms with Crippen molar-refractivity contribution >= 4 is 23.4 Å². The zero-order valence-corrected chi connectivity index (χ0v) is 12.5. The van der Waals surface area contributed by atoms with E-state index >= 15 is 0 Å². The van der Waals surface area contributed by atoms with Gasteiger partial charge in [0.2, 0.25) is 0 Å². The van der Waals surface area contributed by atoms with Gasteiger partial charge in [0.05, 0.1) is 29.4 Å². The molecule has 2 aromatic rings. The standard InChI is InChI=1S/C15H13NO5S/c1-21-13-9-11(16(19)20)4-7-14(13)22-12-5-2-10(3-6-12)8-15(17)18/h2-7,9H,8H2,1H3,(H,17,18). The van der Waals surface area contributed by atoms with E-state index in [0.29, 0.717) is 11.3 Å². The van der Waals surface area contributed by atoms with Gasteiger partial charge in [0.15, 0.2) is 0 Å². The highest BCUT2D eigenvalue weighted by Gasteiger charge is 2.12. The number of carboxylic acid groups (broad SMARTS) is 1. The summed E-state index contributed by atoms with van der Waals surface area (Å²) in [5, 5.41) is 19.5. The van der Waals surface area contributed by atoms with Gasteiger partial charge in [0.25, 0.3) is 5.69 Å². The van der Waals surface area contributed by atoms with E-state index in [1.807, 2.05) is 12.1 Å². The van der Waals surface area contributed by atoms with Crippen LogP contribution in [-0.4, -0.2) is 23.1 Å². The van der Waals surface area contributed by atoms with Crippen molar-refractivity contribution in [3.63, 3.8) is 0 Å². The highest BCUT2D eigenvalue weighted by atomic mass is 32.2. The molecule has 0 amide bonds. The Hall–Kier alpha value is -2.54. The molecule has 0 fully saturated rings. The predicted molar refractivity (Wildman–Crippen MR) is 81.6 cm³/mol. The van der Waals surface area contributed by atoms with Crippen LogP contribution in [0.5, 0.6) is 5.75 Å². The maximum Gasteiger partial charge on any atom is 0.307 e. The van der Waals surface area contributed by atoms with Crippen molar-refractivity contribution in [2.45, 2.75) is 16.2 Å². The van der Waals surface area contributed by atoms with Gasteiger partial charge in [0.1, 0.15) is 5.75 Å². The third-order valence-electron chi connectivity index (χ3n) is 2.86. The molecule has 2 aromatic carbocycles. The Bertz CT molecular complexity index is 700. The van der Waals surface area contributed by atoms with Crippen LogP contribution in [0.1, 0.15) is 5.56 Å².